The van der Waals surface area contributed by atoms with Gasteiger partial charge in [-0.3, -0.25) is 0 Å². The van der Waals surface area contributed by atoms with Crippen LogP contribution in [0.25, 0.3) is 27.5 Å². The lowest BCUT2D eigenvalue weighted by molar-refractivity contribution is 0.596. The fraction of sp³-hybridized carbons (Fsp3) is 0.0500. The van der Waals surface area contributed by atoms with Gasteiger partial charge in [0, 0.05) is 10.6 Å². The number of para-hydroxylation sites is 1. The molecule has 0 saturated heterocycles. The van der Waals surface area contributed by atoms with E-state index in [0.717, 1.165) is 27.4 Å². The molecular weight excluding hydrogens is 414 g/mol. The van der Waals surface area contributed by atoms with Crippen molar-refractivity contribution in [2.45, 2.75) is 11.8 Å². The first-order valence-corrected chi connectivity index (χ1v) is 11.2. The fourth-order valence-corrected chi connectivity index (χ4v) is 4.73. The molecule has 0 bridgehead atoms. The highest BCUT2D eigenvalue weighted by atomic mass is 35.5. The molecule has 4 rings (SSSR count). The number of nitrogens with two attached hydrogens (primary N) is 1. The maximum Gasteiger partial charge on any atom is 0.240 e. The van der Waals surface area contributed by atoms with Crippen molar-refractivity contribution in [3.8, 4) is 27.5 Å². The SMILES string of the molecule is Cc1ccsc1-c1cc(-c2ccc(Cl)cc2)n(-c2ccccc2S(N)(=O)=O)n1. The molecule has 0 atom stereocenters. The highest BCUT2D eigenvalue weighted by Gasteiger charge is 2.20. The van der Waals surface area contributed by atoms with E-state index in [2.05, 4.69) is 0 Å². The summed E-state index contributed by atoms with van der Waals surface area (Å²) in [5.74, 6) is 0. The second kappa shape index (κ2) is 7.18. The number of primary sulfonamides is 1. The number of nitrogens with zero attached hydrogens (tertiary/aromatic N) is 2. The van der Waals surface area contributed by atoms with E-state index in [1.54, 1.807) is 46.4 Å². The first-order valence-electron chi connectivity index (χ1n) is 8.37. The van der Waals surface area contributed by atoms with Crippen molar-refractivity contribution in [3.05, 3.63) is 76.6 Å². The molecule has 0 aliphatic heterocycles. The van der Waals surface area contributed by atoms with Crippen LogP contribution in [-0.2, 0) is 10.0 Å². The Morgan fingerprint density at radius 2 is 1.79 bits per heavy atom. The maximum atomic E-state index is 12.1. The number of aromatic nitrogens is 2. The second-order valence-corrected chi connectivity index (χ2v) is 9.16. The van der Waals surface area contributed by atoms with Crippen molar-refractivity contribution in [3.63, 3.8) is 0 Å². The Hall–Kier alpha value is -2.45. The molecule has 0 fully saturated rings. The third-order valence-electron chi connectivity index (χ3n) is 4.34. The zero-order chi connectivity index (χ0) is 19.9. The summed E-state index contributed by atoms with van der Waals surface area (Å²) in [5, 5.41) is 12.8. The fourth-order valence-electron chi connectivity index (χ4n) is 3.01. The maximum absolute atomic E-state index is 12.1. The average Bonchev–Trinajstić information content (AvgIpc) is 3.28. The molecule has 0 radical (unpaired) electrons. The number of rotatable bonds is 4. The van der Waals surface area contributed by atoms with Crippen molar-refractivity contribution in [1.82, 2.24) is 9.78 Å². The van der Waals surface area contributed by atoms with E-state index in [0.29, 0.717) is 10.7 Å². The van der Waals surface area contributed by atoms with Crippen LogP contribution in [0.3, 0.4) is 0 Å². The van der Waals surface area contributed by atoms with Gasteiger partial charge in [-0.15, -0.1) is 11.3 Å². The van der Waals surface area contributed by atoms with E-state index in [9.17, 15) is 8.42 Å². The van der Waals surface area contributed by atoms with Crippen LogP contribution in [0.4, 0.5) is 0 Å². The highest BCUT2D eigenvalue weighted by molar-refractivity contribution is 7.89. The quantitative estimate of drug-likeness (QED) is 0.502. The van der Waals surface area contributed by atoms with Crippen molar-refractivity contribution >= 4 is 33.0 Å². The minimum atomic E-state index is -3.92. The number of benzene rings is 2. The van der Waals surface area contributed by atoms with Gasteiger partial charge in [-0.25, -0.2) is 18.2 Å². The predicted octanol–water partition coefficient (Wildman–Crippen LogP) is 4.88. The molecule has 8 heteroatoms. The van der Waals surface area contributed by atoms with Gasteiger partial charge >= 0.3 is 0 Å². The monoisotopic (exact) mass is 429 g/mol. The molecule has 2 heterocycles. The topological polar surface area (TPSA) is 78.0 Å². The van der Waals surface area contributed by atoms with Crippen molar-refractivity contribution < 1.29 is 8.42 Å². The highest BCUT2D eigenvalue weighted by Crippen LogP contribution is 2.34. The van der Waals surface area contributed by atoms with Gasteiger partial charge in [0.25, 0.3) is 0 Å². The van der Waals surface area contributed by atoms with Crippen molar-refractivity contribution in [2.24, 2.45) is 5.14 Å². The number of hydrogen-bond donors (Lipinski definition) is 1. The van der Waals surface area contributed by atoms with Crippen molar-refractivity contribution in [2.75, 3.05) is 0 Å². The van der Waals surface area contributed by atoms with Gasteiger partial charge in [-0.05, 0) is 54.3 Å². The lowest BCUT2D eigenvalue weighted by Crippen LogP contribution is -2.16. The molecule has 0 aliphatic carbocycles. The largest absolute Gasteiger partial charge is 0.240 e. The van der Waals surface area contributed by atoms with E-state index in [1.165, 1.54) is 6.07 Å². The first-order chi connectivity index (χ1) is 13.3. The first kappa shape index (κ1) is 18.9. The Labute approximate surface area is 172 Å². The minimum absolute atomic E-state index is 0.0164. The van der Waals surface area contributed by atoms with Crippen molar-refractivity contribution in [1.29, 1.82) is 0 Å². The molecule has 5 nitrogen and oxygen atoms in total. The number of aryl methyl sites for hydroxylation is 1. The lowest BCUT2D eigenvalue weighted by atomic mass is 10.1. The predicted molar refractivity (Wildman–Crippen MR) is 113 cm³/mol. The van der Waals surface area contributed by atoms with E-state index in [4.69, 9.17) is 21.8 Å². The standard InChI is InChI=1S/C20H16ClN3O2S2/c1-13-10-11-27-20(13)16-12-18(14-6-8-15(21)9-7-14)24(23-16)17-4-2-3-5-19(17)28(22,25)26/h2-12H,1H3,(H2,22,25,26). The molecule has 2 N–H and O–H groups in total. The van der Waals surface area contributed by atoms with Crippen LogP contribution in [0.2, 0.25) is 5.02 Å². The molecule has 142 valence electrons. The molecule has 2 aromatic carbocycles. The van der Waals surface area contributed by atoms with Gasteiger partial charge in [-0.2, -0.15) is 5.10 Å². The smallest absolute Gasteiger partial charge is 0.231 e. The van der Waals surface area contributed by atoms with Gasteiger partial charge in [-0.1, -0.05) is 35.9 Å². The minimum Gasteiger partial charge on any atom is -0.231 e. The van der Waals surface area contributed by atoms with Crippen LogP contribution in [0.5, 0.6) is 0 Å². The van der Waals surface area contributed by atoms with E-state index in [-0.39, 0.29) is 4.90 Å². The Morgan fingerprint density at radius 1 is 1.07 bits per heavy atom. The lowest BCUT2D eigenvalue weighted by Gasteiger charge is -2.11. The molecule has 0 saturated carbocycles. The summed E-state index contributed by atoms with van der Waals surface area (Å²) < 4.78 is 25.9. The molecule has 0 amide bonds. The van der Waals surface area contributed by atoms with Gasteiger partial charge < -0.3 is 0 Å². The molecular formula is C20H16ClN3O2S2. The zero-order valence-corrected chi connectivity index (χ0v) is 17.2. The second-order valence-electron chi connectivity index (χ2n) is 6.28. The Bertz CT molecular complexity index is 1260. The van der Waals surface area contributed by atoms with Crippen LogP contribution in [0.1, 0.15) is 5.56 Å². The molecule has 28 heavy (non-hydrogen) atoms. The average molecular weight is 430 g/mol. The van der Waals surface area contributed by atoms with Gasteiger partial charge in [0.15, 0.2) is 0 Å². The van der Waals surface area contributed by atoms with Gasteiger partial charge in [0.2, 0.25) is 10.0 Å². The van der Waals surface area contributed by atoms with Gasteiger partial charge in [0.1, 0.15) is 10.6 Å². The number of hydrogen-bond acceptors (Lipinski definition) is 4. The Kier molecular flexibility index (Phi) is 4.84. The van der Waals surface area contributed by atoms with Crippen LogP contribution in [0, 0.1) is 6.92 Å². The Balaban J connectivity index is 2.00. The third kappa shape index (κ3) is 3.49. The van der Waals surface area contributed by atoms with Crippen LogP contribution in [0.15, 0.2) is 70.9 Å². The summed E-state index contributed by atoms with van der Waals surface area (Å²) in [5.41, 5.74) is 3.88. The molecule has 4 aromatic rings. The zero-order valence-electron chi connectivity index (χ0n) is 14.8. The summed E-state index contributed by atoms with van der Waals surface area (Å²) in [7, 11) is -3.92. The summed E-state index contributed by atoms with van der Waals surface area (Å²) >= 11 is 7.62. The van der Waals surface area contributed by atoms with Crippen LogP contribution >= 0.6 is 22.9 Å². The Morgan fingerprint density at radius 3 is 2.43 bits per heavy atom. The summed E-state index contributed by atoms with van der Waals surface area (Å²) in [6, 6.07) is 17.9. The normalized spacial score (nSPS) is 11.7. The summed E-state index contributed by atoms with van der Waals surface area (Å²) in [4.78, 5) is 1.05. The van der Waals surface area contributed by atoms with Gasteiger partial charge in [0.05, 0.1) is 16.3 Å². The summed E-state index contributed by atoms with van der Waals surface area (Å²) in [6.45, 7) is 2.02. The van der Waals surface area contributed by atoms with Crippen LogP contribution < -0.4 is 5.14 Å². The van der Waals surface area contributed by atoms with E-state index in [1.807, 2.05) is 36.6 Å². The number of halogens is 1. The third-order valence-corrected chi connectivity index (χ3v) is 6.59. The summed E-state index contributed by atoms with van der Waals surface area (Å²) in [6.07, 6.45) is 0. The van der Waals surface area contributed by atoms with E-state index < -0.39 is 10.0 Å². The number of thiophene rings is 1. The number of sulfonamides is 1. The van der Waals surface area contributed by atoms with Crippen LogP contribution in [-0.4, -0.2) is 18.2 Å². The molecule has 0 unspecified atom stereocenters. The van der Waals surface area contributed by atoms with E-state index >= 15 is 0 Å². The molecule has 0 aliphatic rings. The molecule has 0 spiro atoms. The molecule has 2 aromatic heterocycles.